The van der Waals surface area contributed by atoms with Crippen LogP contribution in [0.25, 0.3) is 0 Å². The first-order valence-corrected chi connectivity index (χ1v) is 10.9. The summed E-state index contributed by atoms with van der Waals surface area (Å²) in [6.07, 6.45) is 5.35. The first kappa shape index (κ1) is 24.9. The molecule has 1 amide bonds. The molecule has 168 valence electrons. The van der Waals surface area contributed by atoms with Gasteiger partial charge in [0.05, 0.1) is 24.8 Å². The summed E-state index contributed by atoms with van der Waals surface area (Å²) < 4.78 is 10.1. The number of ether oxygens (including phenoxy) is 2. The number of hydrogen-bond donors (Lipinski definition) is 1. The van der Waals surface area contributed by atoms with Gasteiger partial charge in [-0.25, -0.2) is 4.79 Å². The molecule has 1 aliphatic heterocycles. The highest BCUT2D eigenvalue weighted by molar-refractivity contribution is 6.30. The molecule has 2 atom stereocenters. The standard InChI is InChI=1S/C24H30ClNO5/c1-18(2)31-24(29)17-30-14-4-3-13-26-21(9-6-10-23(26)28)11-12-22(27)16-19-7-5-8-20(25)15-19/h5,7-8,11-12,15,18,21-22,27H,6,9-10,13-14,16-17H2,1-2H3/b12-11+/t21?,22-/m0/s1. The quantitative estimate of drug-likeness (QED) is 0.272. The minimum Gasteiger partial charge on any atom is -0.461 e. The number of nitrogens with zero attached hydrogens (tertiary/aromatic N) is 1. The molecule has 0 radical (unpaired) electrons. The van der Waals surface area contributed by atoms with Crippen LogP contribution >= 0.6 is 11.6 Å². The average molecular weight is 448 g/mol. The number of esters is 1. The van der Waals surface area contributed by atoms with Crippen molar-refractivity contribution in [1.29, 1.82) is 0 Å². The van der Waals surface area contributed by atoms with E-state index in [1.807, 2.05) is 24.3 Å². The molecule has 0 spiro atoms. The fourth-order valence-corrected chi connectivity index (χ4v) is 3.47. The fourth-order valence-electron chi connectivity index (χ4n) is 3.26. The number of piperidine rings is 1. The molecule has 6 nitrogen and oxygen atoms in total. The van der Waals surface area contributed by atoms with Gasteiger partial charge in [0.15, 0.2) is 0 Å². The van der Waals surface area contributed by atoms with Gasteiger partial charge >= 0.3 is 5.97 Å². The highest BCUT2D eigenvalue weighted by atomic mass is 35.5. The van der Waals surface area contributed by atoms with Crippen LogP contribution in [0.5, 0.6) is 0 Å². The number of hydrogen-bond acceptors (Lipinski definition) is 5. The largest absolute Gasteiger partial charge is 0.461 e. The molecule has 1 N–H and O–H groups in total. The van der Waals surface area contributed by atoms with E-state index in [-0.39, 0.29) is 37.8 Å². The molecule has 1 aromatic carbocycles. The SMILES string of the molecule is CC(C)OC(=O)COCC#CCN1C(=O)CCCC1/C=C/[C@H](O)Cc1cccc(Cl)c1. The summed E-state index contributed by atoms with van der Waals surface area (Å²) in [4.78, 5) is 25.5. The first-order valence-electron chi connectivity index (χ1n) is 10.5. The molecule has 0 bridgehead atoms. The van der Waals surface area contributed by atoms with Gasteiger partial charge in [-0.15, -0.1) is 0 Å². The number of likely N-dealkylation sites (tertiary alicyclic amines) is 1. The van der Waals surface area contributed by atoms with Crippen molar-refractivity contribution >= 4 is 23.5 Å². The molecule has 1 aromatic rings. The number of carbonyl (C=O) groups excluding carboxylic acids is 2. The second-order valence-electron chi connectivity index (χ2n) is 7.65. The van der Waals surface area contributed by atoms with Gasteiger partial charge in [-0.05, 0) is 44.4 Å². The Balaban J connectivity index is 1.83. The van der Waals surface area contributed by atoms with Crippen molar-refractivity contribution < 1.29 is 24.2 Å². The molecule has 2 rings (SSSR count). The molecule has 31 heavy (non-hydrogen) atoms. The Bertz CT molecular complexity index is 827. The van der Waals surface area contributed by atoms with Crippen LogP contribution in [0, 0.1) is 11.8 Å². The van der Waals surface area contributed by atoms with Gasteiger partial charge in [-0.3, -0.25) is 4.79 Å². The first-order chi connectivity index (χ1) is 14.8. The lowest BCUT2D eigenvalue weighted by molar-refractivity contribution is -0.152. The predicted molar refractivity (Wildman–Crippen MR) is 119 cm³/mol. The van der Waals surface area contributed by atoms with Gasteiger partial charge in [0.25, 0.3) is 0 Å². The maximum atomic E-state index is 12.3. The topological polar surface area (TPSA) is 76.1 Å². The Hall–Kier alpha value is -2.33. The number of benzene rings is 1. The van der Waals surface area contributed by atoms with Gasteiger partial charge in [-0.1, -0.05) is 47.7 Å². The summed E-state index contributed by atoms with van der Waals surface area (Å²) in [7, 11) is 0. The second-order valence-corrected chi connectivity index (χ2v) is 8.09. The predicted octanol–water partition coefficient (Wildman–Crippen LogP) is 3.15. The van der Waals surface area contributed by atoms with Crippen molar-refractivity contribution in [3.63, 3.8) is 0 Å². The van der Waals surface area contributed by atoms with Gasteiger partial charge in [0.2, 0.25) is 5.91 Å². The molecule has 0 aliphatic carbocycles. The number of aliphatic hydroxyl groups is 1. The minimum atomic E-state index is -0.664. The number of aliphatic hydroxyl groups excluding tert-OH is 1. The third kappa shape index (κ3) is 9.56. The van der Waals surface area contributed by atoms with Gasteiger partial charge in [0.1, 0.15) is 13.2 Å². The van der Waals surface area contributed by atoms with Crippen LogP contribution in [0.3, 0.4) is 0 Å². The lowest BCUT2D eigenvalue weighted by Gasteiger charge is -2.32. The van der Waals surface area contributed by atoms with Crippen LogP contribution < -0.4 is 0 Å². The van der Waals surface area contributed by atoms with Crippen LogP contribution in [0.15, 0.2) is 36.4 Å². The lowest BCUT2D eigenvalue weighted by atomic mass is 9.99. The molecular weight excluding hydrogens is 418 g/mol. The summed E-state index contributed by atoms with van der Waals surface area (Å²) >= 11 is 5.99. The maximum absolute atomic E-state index is 12.3. The molecule has 1 saturated heterocycles. The second kappa shape index (κ2) is 13.2. The van der Waals surface area contributed by atoms with E-state index in [4.69, 9.17) is 21.1 Å². The third-order valence-corrected chi connectivity index (χ3v) is 4.87. The van der Waals surface area contributed by atoms with Crippen molar-refractivity contribution in [2.24, 2.45) is 0 Å². The van der Waals surface area contributed by atoms with E-state index in [0.29, 0.717) is 17.9 Å². The zero-order chi connectivity index (χ0) is 22.6. The van der Waals surface area contributed by atoms with Crippen molar-refractivity contribution in [2.75, 3.05) is 19.8 Å². The van der Waals surface area contributed by atoms with E-state index in [1.54, 1.807) is 30.9 Å². The molecular formula is C24H30ClNO5. The Labute approximate surface area is 189 Å². The number of halogens is 1. The van der Waals surface area contributed by atoms with Gasteiger partial charge in [0, 0.05) is 17.9 Å². The average Bonchev–Trinajstić information content (AvgIpc) is 2.69. The summed E-state index contributed by atoms with van der Waals surface area (Å²) in [6.45, 7) is 3.76. The minimum absolute atomic E-state index is 0.0426. The van der Waals surface area contributed by atoms with Crippen molar-refractivity contribution in [3.8, 4) is 11.8 Å². The fraction of sp³-hybridized carbons (Fsp3) is 0.500. The summed E-state index contributed by atoms with van der Waals surface area (Å²) in [5, 5.41) is 11.0. The molecule has 1 heterocycles. The van der Waals surface area contributed by atoms with Crippen molar-refractivity contribution in [2.45, 2.75) is 57.8 Å². The molecule has 1 unspecified atom stereocenters. The van der Waals surface area contributed by atoms with E-state index in [9.17, 15) is 14.7 Å². The zero-order valence-electron chi connectivity index (χ0n) is 18.1. The van der Waals surface area contributed by atoms with Crippen molar-refractivity contribution in [3.05, 3.63) is 47.0 Å². The normalized spacial score (nSPS) is 17.5. The monoisotopic (exact) mass is 447 g/mol. The van der Waals surface area contributed by atoms with Gasteiger partial charge < -0.3 is 19.5 Å². The van der Waals surface area contributed by atoms with Crippen LogP contribution in [-0.4, -0.2) is 59.9 Å². The Morgan fingerprint density at radius 3 is 2.94 bits per heavy atom. The van der Waals surface area contributed by atoms with Crippen molar-refractivity contribution in [1.82, 2.24) is 4.90 Å². The van der Waals surface area contributed by atoms with E-state index in [1.165, 1.54) is 0 Å². The summed E-state index contributed by atoms with van der Waals surface area (Å²) in [6, 6.07) is 7.29. The zero-order valence-corrected chi connectivity index (χ0v) is 18.8. The van der Waals surface area contributed by atoms with E-state index < -0.39 is 12.1 Å². The van der Waals surface area contributed by atoms with E-state index in [0.717, 1.165) is 18.4 Å². The van der Waals surface area contributed by atoms with Crippen LogP contribution in [0.4, 0.5) is 0 Å². The lowest BCUT2D eigenvalue weighted by Crippen LogP contribution is -2.42. The Morgan fingerprint density at radius 2 is 2.19 bits per heavy atom. The maximum Gasteiger partial charge on any atom is 0.332 e. The van der Waals surface area contributed by atoms with Crippen LogP contribution in [0.2, 0.25) is 5.02 Å². The molecule has 7 heteroatoms. The van der Waals surface area contributed by atoms with Crippen LogP contribution in [-0.2, 0) is 25.5 Å². The Kier molecular flexibility index (Phi) is 10.6. The summed E-state index contributed by atoms with van der Waals surface area (Å²) in [5.74, 6) is 5.37. The number of rotatable bonds is 9. The molecule has 1 fully saturated rings. The smallest absolute Gasteiger partial charge is 0.332 e. The number of amides is 1. The molecule has 0 saturated carbocycles. The summed E-state index contributed by atoms with van der Waals surface area (Å²) in [5.41, 5.74) is 0.948. The Morgan fingerprint density at radius 1 is 1.39 bits per heavy atom. The van der Waals surface area contributed by atoms with E-state index in [2.05, 4.69) is 11.8 Å². The molecule has 0 aromatic heterocycles. The number of carbonyl (C=O) groups is 2. The van der Waals surface area contributed by atoms with Crippen LogP contribution in [0.1, 0.15) is 38.7 Å². The van der Waals surface area contributed by atoms with Gasteiger partial charge in [-0.2, -0.15) is 0 Å². The third-order valence-electron chi connectivity index (χ3n) is 4.64. The highest BCUT2D eigenvalue weighted by Gasteiger charge is 2.25. The van der Waals surface area contributed by atoms with E-state index >= 15 is 0 Å². The molecule has 1 aliphatic rings. The highest BCUT2D eigenvalue weighted by Crippen LogP contribution is 2.19.